The summed E-state index contributed by atoms with van der Waals surface area (Å²) in [5.74, 6) is -1.63. The van der Waals surface area contributed by atoms with E-state index in [9.17, 15) is 14.4 Å². The van der Waals surface area contributed by atoms with Gasteiger partial charge in [-0.05, 0) is 36.8 Å². The molecule has 0 bridgehead atoms. The number of hydrogen-bond donors (Lipinski definition) is 0. The lowest BCUT2D eigenvalue weighted by Crippen LogP contribution is -2.12. The molecule has 0 aromatic heterocycles. The lowest BCUT2D eigenvalue weighted by Gasteiger charge is -2.10. The molecule has 0 aliphatic heterocycles. The maximum Gasteiger partial charge on any atom is 0.185 e. The van der Waals surface area contributed by atoms with Crippen LogP contribution in [0.5, 0.6) is 0 Å². The topological polar surface area (TPSA) is 40.9 Å². The molecule has 20 heavy (non-hydrogen) atoms. The summed E-state index contributed by atoms with van der Waals surface area (Å²) in [6.07, 6.45) is 0. The molecule has 2 aromatic rings. The van der Waals surface area contributed by atoms with E-state index in [0.717, 1.165) is 5.56 Å². The molecule has 1 atom stereocenters. The smallest absolute Gasteiger partial charge is 0.185 e. The maximum absolute atomic E-state index is 12.9. The molecule has 0 N–H and O–H groups in total. The van der Waals surface area contributed by atoms with Crippen LogP contribution in [0.15, 0.2) is 46.9 Å². The minimum absolute atomic E-state index is 0.297. The number of hydrogen-bond acceptors (Lipinski definition) is 2. The van der Waals surface area contributed by atoms with Crippen molar-refractivity contribution in [3.8, 4) is 6.07 Å². The Kier molecular flexibility index (Phi) is 4.31. The zero-order valence-electron chi connectivity index (χ0n) is 10.7. The number of benzene rings is 2. The van der Waals surface area contributed by atoms with E-state index in [-0.39, 0.29) is 5.78 Å². The van der Waals surface area contributed by atoms with Crippen molar-refractivity contribution in [2.75, 3.05) is 0 Å². The van der Waals surface area contributed by atoms with Crippen LogP contribution in [-0.2, 0) is 0 Å². The van der Waals surface area contributed by atoms with E-state index < -0.39 is 11.7 Å². The molecule has 100 valence electrons. The second-order valence-corrected chi connectivity index (χ2v) is 5.32. The monoisotopic (exact) mass is 331 g/mol. The average Bonchev–Trinajstić information content (AvgIpc) is 2.44. The zero-order chi connectivity index (χ0) is 14.7. The highest BCUT2D eigenvalue weighted by molar-refractivity contribution is 9.10. The van der Waals surface area contributed by atoms with E-state index in [0.29, 0.717) is 15.6 Å². The van der Waals surface area contributed by atoms with Crippen molar-refractivity contribution in [2.24, 2.45) is 0 Å². The molecule has 1 unspecified atom stereocenters. The van der Waals surface area contributed by atoms with Gasteiger partial charge in [0.05, 0.1) is 6.07 Å². The van der Waals surface area contributed by atoms with Crippen LogP contribution in [0.2, 0.25) is 0 Å². The van der Waals surface area contributed by atoms with Crippen molar-refractivity contribution in [3.63, 3.8) is 0 Å². The number of carbonyl (C=O) groups is 1. The predicted octanol–water partition coefficient (Wildman–Crippen LogP) is 4.39. The number of nitrogens with zero attached hydrogens (tertiary/aromatic N) is 1. The number of halogens is 2. The Labute approximate surface area is 125 Å². The second-order valence-electron chi connectivity index (χ2n) is 4.46. The third-order valence-electron chi connectivity index (χ3n) is 2.98. The molecule has 2 nitrogen and oxygen atoms in total. The van der Waals surface area contributed by atoms with Crippen molar-refractivity contribution in [1.29, 1.82) is 5.26 Å². The van der Waals surface area contributed by atoms with Gasteiger partial charge < -0.3 is 0 Å². The number of Topliss-reactive ketones (excluding diaryl/α,β-unsaturated/α-hetero) is 1. The van der Waals surface area contributed by atoms with Gasteiger partial charge in [-0.15, -0.1) is 0 Å². The van der Waals surface area contributed by atoms with Crippen molar-refractivity contribution in [3.05, 3.63) is 69.4 Å². The van der Waals surface area contributed by atoms with Crippen LogP contribution in [0.1, 0.15) is 27.4 Å². The molecule has 2 rings (SSSR count). The van der Waals surface area contributed by atoms with E-state index in [1.165, 1.54) is 24.3 Å². The van der Waals surface area contributed by atoms with Crippen molar-refractivity contribution in [2.45, 2.75) is 12.8 Å². The maximum atomic E-state index is 12.9. The standard InChI is InChI=1S/C16H11BrFNO/c1-10-2-7-15(17)13(8-10)16(20)14(9-19)11-3-5-12(18)6-4-11/h2-8,14H,1H3. The summed E-state index contributed by atoms with van der Waals surface area (Å²) in [5, 5.41) is 9.26. The van der Waals surface area contributed by atoms with Crippen LogP contribution in [0.25, 0.3) is 0 Å². The highest BCUT2D eigenvalue weighted by Crippen LogP contribution is 2.26. The van der Waals surface area contributed by atoms with E-state index in [1.54, 1.807) is 12.1 Å². The number of carbonyl (C=O) groups excluding carboxylic acids is 1. The Morgan fingerprint density at radius 3 is 2.50 bits per heavy atom. The van der Waals surface area contributed by atoms with Crippen LogP contribution in [-0.4, -0.2) is 5.78 Å². The molecular weight excluding hydrogens is 321 g/mol. The third kappa shape index (κ3) is 2.94. The highest BCUT2D eigenvalue weighted by atomic mass is 79.9. The molecule has 0 saturated carbocycles. The van der Waals surface area contributed by atoms with Gasteiger partial charge >= 0.3 is 0 Å². The van der Waals surface area contributed by atoms with E-state index in [2.05, 4.69) is 15.9 Å². The molecule has 0 aliphatic carbocycles. The first kappa shape index (κ1) is 14.4. The highest BCUT2D eigenvalue weighted by Gasteiger charge is 2.23. The van der Waals surface area contributed by atoms with E-state index in [4.69, 9.17) is 0 Å². The Morgan fingerprint density at radius 2 is 1.90 bits per heavy atom. The molecule has 0 amide bonds. The first-order valence-corrected chi connectivity index (χ1v) is 6.77. The van der Waals surface area contributed by atoms with Gasteiger partial charge in [0.25, 0.3) is 0 Å². The zero-order valence-corrected chi connectivity index (χ0v) is 12.3. The van der Waals surface area contributed by atoms with Crippen LogP contribution in [0.3, 0.4) is 0 Å². The van der Waals surface area contributed by atoms with Crippen molar-refractivity contribution < 1.29 is 9.18 Å². The van der Waals surface area contributed by atoms with Crippen LogP contribution >= 0.6 is 15.9 Å². The molecule has 2 aromatic carbocycles. The molecule has 4 heteroatoms. The van der Waals surface area contributed by atoms with Gasteiger partial charge in [0, 0.05) is 10.0 Å². The summed E-state index contributed by atoms with van der Waals surface area (Å²) < 4.78 is 13.6. The molecular formula is C16H11BrFNO. The Hall–Kier alpha value is -1.99. The number of nitriles is 1. The minimum atomic E-state index is -0.936. The summed E-state index contributed by atoms with van der Waals surface area (Å²) >= 11 is 3.32. The normalized spacial score (nSPS) is 11.7. The largest absolute Gasteiger partial charge is 0.292 e. The van der Waals surface area contributed by atoms with Crippen molar-refractivity contribution in [1.82, 2.24) is 0 Å². The van der Waals surface area contributed by atoms with Crippen LogP contribution in [0, 0.1) is 24.1 Å². The Balaban J connectivity index is 2.42. The Morgan fingerprint density at radius 1 is 1.25 bits per heavy atom. The van der Waals surface area contributed by atoms with Gasteiger partial charge in [-0.25, -0.2) is 4.39 Å². The van der Waals surface area contributed by atoms with E-state index >= 15 is 0 Å². The predicted molar refractivity (Wildman–Crippen MR) is 78.0 cm³/mol. The lowest BCUT2D eigenvalue weighted by molar-refractivity contribution is 0.0978. The van der Waals surface area contributed by atoms with Gasteiger partial charge in [-0.3, -0.25) is 4.79 Å². The fourth-order valence-electron chi connectivity index (χ4n) is 1.92. The molecule has 0 aliphatic rings. The van der Waals surface area contributed by atoms with Crippen LogP contribution in [0.4, 0.5) is 4.39 Å². The molecule has 0 radical (unpaired) electrons. The SMILES string of the molecule is Cc1ccc(Br)c(C(=O)C(C#N)c2ccc(F)cc2)c1. The first-order valence-electron chi connectivity index (χ1n) is 5.98. The quantitative estimate of drug-likeness (QED) is 0.783. The first-order chi connectivity index (χ1) is 9.52. The summed E-state index contributed by atoms with van der Waals surface area (Å²) in [5.41, 5.74) is 1.89. The summed E-state index contributed by atoms with van der Waals surface area (Å²) in [6.45, 7) is 1.88. The molecule has 0 saturated heterocycles. The minimum Gasteiger partial charge on any atom is -0.292 e. The van der Waals surface area contributed by atoms with Gasteiger partial charge in [-0.2, -0.15) is 5.26 Å². The van der Waals surface area contributed by atoms with Gasteiger partial charge in [0.15, 0.2) is 5.78 Å². The lowest BCUT2D eigenvalue weighted by atomic mass is 9.91. The van der Waals surface area contributed by atoms with Gasteiger partial charge in [0.2, 0.25) is 0 Å². The average molecular weight is 332 g/mol. The fraction of sp³-hybridized carbons (Fsp3) is 0.125. The fourth-order valence-corrected chi connectivity index (χ4v) is 2.37. The second kappa shape index (κ2) is 5.98. The number of ketones is 1. The molecule has 0 heterocycles. The summed E-state index contributed by atoms with van der Waals surface area (Å²) in [4.78, 5) is 12.5. The summed E-state index contributed by atoms with van der Waals surface area (Å²) in [7, 11) is 0. The van der Waals surface area contributed by atoms with Crippen LogP contribution < -0.4 is 0 Å². The molecule has 0 fully saturated rings. The Bertz CT molecular complexity index is 689. The molecule has 0 spiro atoms. The van der Waals surface area contributed by atoms with Gasteiger partial charge in [-0.1, -0.05) is 39.7 Å². The third-order valence-corrected chi connectivity index (χ3v) is 3.67. The number of aryl methyl sites for hydroxylation is 1. The van der Waals surface area contributed by atoms with Gasteiger partial charge in [0.1, 0.15) is 11.7 Å². The van der Waals surface area contributed by atoms with Crippen molar-refractivity contribution >= 4 is 21.7 Å². The van der Waals surface area contributed by atoms with E-state index in [1.807, 2.05) is 19.1 Å². The summed E-state index contributed by atoms with van der Waals surface area (Å²) in [6, 6.07) is 12.8. The number of rotatable bonds is 3.